The summed E-state index contributed by atoms with van der Waals surface area (Å²) in [6, 6.07) is 0. The van der Waals surface area contributed by atoms with E-state index < -0.39 is 0 Å². The molecule has 0 radical (unpaired) electrons. The van der Waals surface area contributed by atoms with Gasteiger partial charge in [0.05, 0.1) is 6.61 Å². The number of aliphatic hydroxyl groups is 1. The number of hydrogen-bond donors (Lipinski definition) is 1. The summed E-state index contributed by atoms with van der Waals surface area (Å²) < 4.78 is 0. The summed E-state index contributed by atoms with van der Waals surface area (Å²) in [6.45, 7) is 5.51. The highest BCUT2D eigenvalue weighted by molar-refractivity contribution is 6.01. The molecule has 82 valence electrons. The smallest absolute Gasteiger partial charge is 0.0558 e. The first-order chi connectivity index (χ1) is 7.31. The summed E-state index contributed by atoms with van der Waals surface area (Å²) in [6.07, 6.45) is 8.01. The fourth-order valence-corrected chi connectivity index (χ4v) is 1.77. The molecule has 0 aliphatic carbocycles. The van der Waals surface area contributed by atoms with E-state index in [1.165, 1.54) is 0 Å². The topological polar surface area (TPSA) is 35.8 Å². The minimum atomic E-state index is 0.198. The monoisotopic (exact) mass is 206 g/mol. The first kappa shape index (κ1) is 12.0. The molecule has 0 spiro atoms. The molecule has 1 rings (SSSR count). The predicted molar refractivity (Wildman–Crippen MR) is 63.0 cm³/mol. The van der Waals surface area contributed by atoms with Crippen LogP contribution in [0.5, 0.6) is 0 Å². The average Bonchev–Trinajstić information content (AvgIpc) is 2.23. The number of likely N-dealkylation sites (tertiary alicyclic amines) is 1. The van der Waals surface area contributed by atoms with Crippen LogP contribution in [0, 0.1) is 12.3 Å². The van der Waals surface area contributed by atoms with Gasteiger partial charge in [0, 0.05) is 38.3 Å². The number of nitrogens with zero attached hydrogens (tertiary/aromatic N) is 2. The lowest BCUT2D eigenvalue weighted by Crippen LogP contribution is -2.37. The molecule has 0 amide bonds. The van der Waals surface area contributed by atoms with Gasteiger partial charge in [0.25, 0.3) is 0 Å². The Morgan fingerprint density at radius 1 is 1.67 bits per heavy atom. The van der Waals surface area contributed by atoms with Gasteiger partial charge in [0.2, 0.25) is 0 Å². The van der Waals surface area contributed by atoms with Crippen molar-refractivity contribution in [3.63, 3.8) is 0 Å². The number of β-amino-alcohol motifs (C(OH)–C–C–N with tert-alkyl or cyclic N) is 1. The Morgan fingerprint density at radius 2 is 2.47 bits per heavy atom. The summed E-state index contributed by atoms with van der Waals surface area (Å²) in [5.74, 6) is 2.56. The molecule has 0 saturated carbocycles. The quantitative estimate of drug-likeness (QED) is 0.690. The van der Waals surface area contributed by atoms with Crippen molar-refractivity contribution in [3.05, 3.63) is 11.6 Å². The van der Waals surface area contributed by atoms with E-state index in [4.69, 9.17) is 11.5 Å². The van der Waals surface area contributed by atoms with Gasteiger partial charge in [-0.2, -0.15) is 0 Å². The van der Waals surface area contributed by atoms with Gasteiger partial charge in [-0.15, -0.1) is 6.42 Å². The van der Waals surface area contributed by atoms with Gasteiger partial charge < -0.3 is 5.11 Å². The van der Waals surface area contributed by atoms with Crippen molar-refractivity contribution in [2.24, 2.45) is 4.99 Å². The molecule has 3 heteroatoms. The molecule has 0 bridgehead atoms. The minimum absolute atomic E-state index is 0.198. The van der Waals surface area contributed by atoms with E-state index in [1.54, 1.807) is 6.08 Å². The van der Waals surface area contributed by atoms with Crippen LogP contribution >= 0.6 is 0 Å². The van der Waals surface area contributed by atoms with Crippen LogP contribution in [-0.2, 0) is 0 Å². The van der Waals surface area contributed by atoms with Crippen LogP contribution in [-0.4, -0.2) is 48.5 Å². The first-order valence-corrected chi connectivity index (χ1v) is 5.33. The van der Waals surface area contributed by atoms with Crippen molar-refractivity contribution < 1.29 is 5.11 Å². The number of hydrogen-bond acceptors (Lipinski definition) is 3. The van der Waals surface area contributed by atoms with E-state index in [-0.39, 0.29) is 6.61 Å². The highest BCUT2D eigenvalue weighted by atomic mass is 16.3. The zero-order valence-corrected chi connectivity index (χ0v) is 9.24. The van der Waals surface area contributed by atoms with E-state index in [1.807, 2.05) is 6.92 Å². The summed E-state index contributed by atoms with van der Waals surface area (Å²) in [5, 5.41) is 8.87. The third kappa shape index (κ3) is 3.50. The summed E-state index contributed by atoms with van der Waals surface area (Å²) in [5.41, 5.74) is 2.25. The molecule has 1 aliphatic heterocycles. The fraction of sp³-hybridized carbons (Fsp3) is 0.583. The van der Waals surface area contributed by atoms with Crippen molar-refractivity contribution in [2.45, 2.75) is 13.3 Å². The number of aliphatic hydroxyl groups excluding tert-OH is 1. The maximum atomic E-state index is 8.87. The largest absolute Gasteiger partial charge is 0.395 e. The molecular weight excluding hydrogens is 188 g/mol. The molecule has 15 heavy (non-hydrogen) atoms. The van der Waals surface area contributed by atoms with Crippen molar-refractivity contribution in [1.82, 2.24) is 4.90 Å². The van der Waals surface area contributed by atoms with E-state index >= 15 is 0 Å². The molecule has 3 nitrogen and oxygen atoms in total. The second-order valence-corrected chi connectivity index (χ2v) is 3.51. The minimum Gasteiger partial charge on any atom is -0.395 e. The van der Waals surface area contributed by atoms with E-state index in [2.05, 4.69) is 15.8 Å². The third-order valence-electron chi connectivity index (χ3n) is 2.45. The van der Waals surface area contributed by atoms with Crippen LogP contribution in [0.25, 0.3) is 0 Å². The van der Waals surface area contributed by atoms with Crippen LogP contribution in [0.4, 0.5) is 0 Å². The zero-order valence-electron chi connectivity index (χ0n) is 9.24. The van der Waals surface area contributed by atoms with Crippen molar-refractivity contribution in [1.29, 1.82) is 0 Å². The highest BCUT2D eigenvalue weighted by Crippen LogP contribution is 2.13. The van der Waals surface area contributed by atoms with Crippen molar-refractivity contribution in [3.8, 4) is 12.3 Å². The Hall–Kier alpha value is -1.11. The van der Waals surface area contributed by atoms with Gasteiger partial charge in [0.15, 0.2) is 0 Å². The van der Waals surface area contributed by atoms with Gasteiger partial charge in [-0.1, -0.05) is 5.92 Å². The van der Waals surface area contributed by atoms with Gasteiger partial charge in [-0.3, -0.25) is 9.89 Å². The van der Waals surface area contributed by atoms with Gasteiger partial charge >= 0.3 is 0 Å². The Kier molecular flexibility index (Phi) is 5.09. The Bertz CT molecular complexity index is 299. The molecular formula is C12H18N2O. The zero-order chi connectivity index (χ0) is 11.1. The maximum Gasteiger partial charge on any atom is 0.0558 e. The standard InChI is InChI=1S/C12H18N2O/c1-3-5-11-10-14(8-9-15)7-6-12(11)13-4-2/h1,5,15H,4,6-10H2,2H3/b11-5-,13-12?. The average molecular weight is 206 g/mol. The lowest BCUT2D eigenvalue weighted by molar-refractivity contribution is 0.206. The fourth-order valence-electron chi connectivity index (χ4n) is 1.77. The van der Waals surface area contributed by atoms with Gasteiger partial charge in [-0.05, 0) is 18.6 Å². The molecule has 1 aliphatic rings. The Morgan fingerprint density at radius 3 is 3.07 bits per heavy atom. The summed E-state index contributed by atoms with van der Waals surface area (Å²) in [7, 11) is 0. The highest BCUT2D eigenvalue weighted by Gasteiger charge is 2.18. The normalized spacial score (nSPS) is 23.3. The Balaban J connectivity index is 2.71. The second-order valence-electron chi connectivity index (χ2n) is 3.51. The SMILES string of the molecule is C#C/C=C1/CN(CCO)CCC1=NCC. The molecule has 1 saturated heterocycles. The number of allylic oxidation sites excluding steroid dienone is 1. The van der Waals surface area contributed by atoms with Crippen LogP contribution in [0.3, 0.4) is 0 Å². The van der Waals surface area contributed by atoms with Crippen LogP contribution in [0.15, 0.2) is 16.6 Å². The third-order valence-corrected chi connectivity index (χ3v) is 2.45. The van der Waals surface area contributed by atoms with Crippen LogP contribution < -0.4 is 0 Å². The van der Waals surface area contributed by atoms with Crippen molar-refractivity contribution in [2.75, 3.05) is 32.8 Å². The lowest BCUT2D eigenvalue weighted by atomic mass is 10.0. The molecule has 1 heterocycles. The second kappa shape index (κ2) is 6.39. The van der Waals surface area contributed by atoms with Gasteiger partial charge in [-0.25, -0.2) is 0 Å². The lowest BCUT2D eigenvalue weighted by Gasteiger charge is -2.28. The van der Waals surface area contributed by atoms with Crippen LogP contribution in [0.2, 0.25) is 0 Å². The van der Waals surface area contributed by atoms with Gasteiger partial charge in [0.1, 0.15) is 0 Å². The summed E-state index contributed by atoms with van der Waals surface area (Å²) in [4.78, 5) is 6.63. The molecule has 0 aromatic rings. The molecule has 0 aromatic heterocycles. The van der Waals surface area contributed by atoms with Crippen LogP contribution in [0.1, 0.15) is 13.3 Å². The van der Waals surface area contributed by atoms with E-state index in [9.17, 15) is 0 Å². The van der Waals surface area contributed by atoms with E-state index in [0.717, 1.165) is 37.3 Å². The molecule has 1 fully saturated rings. The number of aliphatic imine (C=N–C) groups is 1. The first-order valence-electron chi connectivity index (χ1n) is 5.33. The molecule has 0 unspecified atom stereocenters. The van der Waals surface area contributed by atoms with E-state index in [0.29, 0.717) is 6.54 Å². The Labute approximate surface area is 91.5 Å². The maximum absolute atomic E-state index is 8.87. The summed E-state index contributed by atoms with van der Waals surface area (Å²) >= 11 is 0. The predicted octanol–water partition coefficient (Wildman–Crippen LogP) is 0.705. The number of terminal acetylenes is 1. The van der Waals surface area contributed by atoms with Crippen molar-refractivity contribution >= 4 is 5.71 Å². The number of rotatable bonds is 3. The molecule has 0 aromatic carbocycles. The number of piperidine rings is 1. The molecule has 1 N–H and O–H groups in total. The molecule has 0 atom stereocenters.